The van der Waals surface area contributed by atoms with Gasteiger partial charge in [-0.15, -0.1) is 0 Å². The van der Waals surface area contributed by atoms with Crippen molar-refractivity contribution in [1.82, 2.24) is 4.90 Å². The summed E-state index contributed by atoms with van der Waals surface area (Å²) in [6.45, 7) is 6.30. The zero-order valence-corrected chi connectivity index (χ0v) is 10.4. The summed E-state index contributed by atoms with van der Waals surface area (Å²) in [6, 6.07) is 6.21. The number of hydrogen-bond donors (Lipinski definition) is 0. The molecule has 0 aliphatic carbocycles. The summed E-state index contributed by atoms with van der Waals surface area (Å²) in [4.78, 5) is 2.43. The molecule has 0 atom stereocenters. The van der Waals surface area contributed by atoms with Gasteiger partial charge in [-0.1, -0.05) is 6.92 Å². The molecule has 0 radical (unpaired) electrons. The minimum Gasteiger partial charge on any atom is -0.492 e. The molecule has 0 unspecified atom stereocenters. The molecule has 94 valence electrons. The van der Waals surface area contributed by atoms with Crippen molar-refractivity contribution in [2.45, 2.75) is 19.8 Å². The van der Waals surface area contributed by atoms with E-state index in [1.807, 2.05) is 0 Å². The fraction of sp³-hybridized carbons (Fsp3) is 0.571. The number of halogens is 1. The number of nitrogens with zero attached hydrogens (tertiary/aromatic N) is 1. The highest BCUT2D eigenvalue weighted by molar-refractivity contribution is 5.21. The fourth-order valence-corrected chi connectivity index (χ4v) is 2.11. The van der Waals surface area contributed by atoms with Crippen LogP contribution >= 0.6 is 0 Å². The molecular formula is C14H20FNO. The number of rotatable bonds is 4. The number of likely N-dealkylation sites (tertiary alicyclic amines) is 1. The van der Waals surface area contributed by atoms with Gasteiger partial charge in [-0.2, -0.15) is 0 Å². The van der Waals surface area contributed by atoms with E-state index in [1.54, 1.807) is 12.1 Å². The molecule has 0 bridgehead atoms. The monoisotopic (exact) mass is 237 g/mol. The molecule has 2 nitrogen and oxygen atoms in total. The Morgan fingerprint density at radius 2 is 1.88 bits per heavy atom. The van der Waals surface area contributed by atoms with Crippen molar-refractivity contribution in [3.05, 3.63) is 30.1 Å². The molecule has 0 aromatic heterocycles. The van der Waals surface area contributed by atoms with Gasteiger partial charge in [0.1, 0.15) is 18.2 Å². The van der Waals surface area contributed by atoms with Gasteiger partial charge in [0.15, 0.2) is 0 Å². The van der Waals surface area contributed by atoms with Crippen LogP contribution in [0.15, 0.2) is 24.3 Å². The quantitative estimate of drug-likeness (QED) is 0.798. The van der Waals surface area contributed by atoms with Gasteiger partial charge < -0.3 is 4.74 Å². The summed E-state index contributed by atoms with van der Waals surface area (Å²) in [5, 5.41) is 0. The number of piperidine rings is 1. The Morgan fingerprint density at radius 1 is 1.24 bits per heavy atom. The number of hydrogen-bond acceptors (Lipinski definition) is 2. The van der Waals surface area contributed by atoms with Crippen molar-refractivity contribution in [2.24, 2.45) is 5.92 Å². The van der Waals surface area contributed by atoms with E-state index in [4.69, 9.17) is 4.74 Å². The van der Waals surface area contributed by atoms with Crippen LogP contribution in [0.2, 0.25) is 0 Å². The molecule has 1 fully saturated rings. The van der Waals surface area contributed by atoms with Crippen LogP contribution in [0.5, 0.6) is 5.75 Å². The SMILES string of the molecule is CC1CCN(CCOc2ccc(F)cc2)CC1. The average Bonchev–Trinajstić information content (AvgIpc) is 2.34. The fourth-order valence-electron chi connectivity index (χ4n) is 2.11. The van der Waals surface area contributed by atoms with Crippen LogP contribution in [0.4, 0.5) is 4.39 Å². The molecule has 3 heteroatoms. The maximum absolute atomic E-state index is 12.7. The first-order valence-electron chi connectivity index (χ1n) is 6.35. The van der Waals surface area contributed by atoms with Crippen LogP contribution in [0, 0.1) is 11.7 Å². The number of benzene rings is 1. The third-order valence-corrected chi connectivity index (χ3v) is 3.37. The summed E-state index contributed by atoms with van der Waals surface area (Å²) < 4.78 is 18.3. The van der Waals surface area contributed by atoms with Crippen molar-refractivity contribution < 1.29 is 9.13 Å². The van der Waals surface area contributed by atoms with Crippen molar-refractivity contribution in [3.63, 3.8) is 0 Å². The molecule has 0 spiro atoms. The first-order valence-corrected chi connectivity index (χ1v) is 6.35. The van der Waals surface area contributed by atoms with E-state index < -0.39 is 0 Å². The van der Waals surface area contributed by atoms with Crippen LogP contribution in [0.3, 0.4) is 0 Å². The second kappa shape index (κ2) is 6.01. The van der Waals surface area contributed by atoms with Gasteiger partial charge in [0, 0.05) is 6.54 Å². The Morgan fingerprint density at radius 3 is 2.53 bits per heavy atom. The van der Waals surface area contributed by atoms with Crippen molar-refractivity contribution in [1.29, 1.82) is 0 Å². The van der Waals surface area contributed by atoms with Crippen molar-refractivity contribution in [2.75, 3.05) is 26.2 Å². The van der Waals surface area contributed by atoms with Crippen LogP contribution in [-0.4, -0.2) is 31.1 Å². The molecule has 1 aliphatic rings. The molecule has 2 rings (SSSR count). The normalized spacial score (nSPS) is 18.2. The summed E-state index contributed by atoms with van der Waals surface area (Å²) in [7, 11) is 0. The lowest BCUT2D eigenvalue weighted by Crippen LogP contribution is -2.35. The van der Waals surface area contributed by atoms with E-state index in [2.05, 4.69) is 11.8 Å². The predicted octanol–water partition coefficient (Wildman–Crippen LogP) is 2.94. The molecule has 1 aromatic rings. The first kappa shape index (κ1) is 12.4. The third kappa shape index (κ3) is 4.00. The second-order valence-electron chi connectivity index (χ2n) is 4.83. The Bertz CT molecular complexity index is 331. The predicted molar refractivity (Wildman–Crippen MR) is 66.7 cm³/mol. The topological polar surface area (TPSA) is 12.5 Å². The molecule has 0 N–H and O–H groups in total. The summed E-state index contributed by atoms with van der Waals surface area (Å²) in [5.41, 5.74) is 0. The van der Waals surface area contributed by atoms with Crippen molar-refractivity contribution >= 4 is 0 Å². The Labute approximate surface area is 102 Å². The molecule has 1 aliphatic heterocycles. The standard InChI is InChI=1S/C14H20FNO/c1-12-6-8-16(9-7-12)10-11-17-14-4-2-13(15)3-5-14/h2-5,12H,6-11H2,1H3. The Balaban J connectivity index is 1.67. The average molecular weight is 237 g/mol. The van der Waals surface area contributed by atoms with E-state index in [-0.39, 0.29) is 5.82 Å². The Kier molecular flexibility index (Phi) is 4.37. The molecule has 1 saturated heterocycles. The maximum Gasteiger partial charge on any atom is 0.123 e. The number of ether oxygens (including phenoxy) is 1. The van der Waals surface area contributed by atoms with Crippen LogP contribution in [-0.2, 0) is 0 Å². The first-order chi connectivity index (χ1) is 8.24. The van der Waals surface area contributed by atoms with Gasteiger partial charge in [0.25, 0.3) is 0 Å². The Hall–Kier alpha value is -1.09. The highest BCUT2D eigenvalue weighted by atomic mass is 19.1. The smallest absolute Gasteiger partial charge is 0.123 e. The van der Waals surface area contributed by atoms with Crippen LogP contribution in [0.1, 0.15) is 19.8 Å². The van der Waals surface area contributed by atoms with Gasteiger partial charge in [-0.3, -0.25) is 4.90 Å². The molecule has 1 aromatic carbocycles. The van der Waals surface area contributed by atoms with Gasteiger partial charge in [0.2, 0.25) is 0 Å². The van der Waals surface area contributed by atoms with E-state index in [9.17, 15) is 4.39 Å². The minimum absolute atomic E-state index is 0.220. The van der Waals surface area contributed by atoms with Crippen molar-refractivity contribution in [3.8, 4) is 5.75 Å². The summed E-state index contributed by atoms with van der Waals surface area (Å²) in [5.74, 6) is 1.39. The maximum atomic E-state index is 12.7. The summed E-state index contributed by atoms with van der Waals surface area (Å²) in [6.07, 6.45) is 2.58. The van der Waals surface area contributed by atoms with Gasteiger partial charge >= 0.3 is 0 Å². The highest BCUT2D eigenvalue weighted by Gasteiger charge is 2.14. The lowest BCUT2D eigenvalue weighted by molar-refractivity contribution is 0.160. The lowest BCUT2D eigenvalue weighted by atomic mass is 9.99. The molecule has 1 heterocycles. The van der Waals surface area contributed by atoms with Gasteiger partial charge in [0.05, 0.1) is 0 Å². The van der Waals surface area contributed by atoms with E-state index >= 15 is 0 Å². The lowest BCUT2D eigenvalue weighted by Gasteiger charge is -2.29. The largest absolute Gasteiger partial charge is 0.492 e. The molecule has 17 heavy (non-hydrogen) atoms. The van der Waals surface area contributed by atoms with E-state index in [1.165, 1.54) is 38.1 Å². The zero-order valence-electron chi connectivity index (χ0n) is 10.4. The second-order valence-corrected chi connectivity index (χ2v) is 4.83. The highest BCUT2D eigenvalue weighted by Crippen LogP contribution is 2.16. The van der Waals surface area contributed by atoms with Gasteiger partial charge in [-0.25, -0.2) is 4.39 Å². The summed E-state index contributed by atoms with van der Waals surface area (Å²) >= 11 is 0. The van der Waals surface area contributed by atoms with E-state index in [0.29, 0.717) is 6.61 Å². The van der Waals surface area contributed by atoms with Crippen LogP contribution in [0.25, 0.3) is 0 Å². The zero-order chi connectivity index (χ0) is 12.1. The third-order valence-electron chi connectivity index (χ3n) is 3.37. The molecule has 0 saturated carbocycles. The van der Waals surface area contributed by atoms with E-state index in [0.717, 1.165) is 18.2 Å². The molecular weight excluding hydrogens is 217 g/mol. The minimum atomic E-state index is -0.220. The van der Waals surface area contributed by atoms with Gasteiger partial charge in [-0.05, 0) is 56.1 Å². The van der Waals surface area contributed by atoms with Crippen LogP contribution < -0.4 is 4.74 Å². The molecule has 0 amide bonds.